The van der Waals surface area contributed by atoms with Crippen LogP contribution in [0.2, 0.25) is 0 Å². The minimum Gasteiger partial charge on any atom is -0.384 e. The Balaban J connectivity index is 2.38. The molecule has 74 valence electrons. The highest BCUT2D eigenvalue weighted by atomic mass is 32.2. The van der Waals surface area contributed by atoms with Gasteiger partial charge in [-0.3, -0.25) is 0 Å². The van der Waals surface area contributed by atoms with E-state index in [1.165, 1.54) is 10.6 Å². The summed E-state index contributed by atoms with van der Waals surface area (Å²) in [4.78, 5) is 1.30. The summed E-state index contributed by atoms with van der Waals surface area (Å²) in [5, 5.41) is 3.32. The Morgan fingerprint density at radius 3 is 2.57 bits per heavy atom. The summed E-state index contributed by atoms with van der Waals surface area (Å²) in [7, 11) is 0. The normalized spacial score (nSPS) is 9.00. The second-order valence-corrected chi connectivity index (χ2v) is 3.71. The molecule has 1 N–H and O–H groups in total. The Kier molecular flexibility index (Phi) is 5.03. The molecule has 0 aliphatic carbocycles. The smallest absolute Gasteiger partial charge is 0.0341 e. The average molecular weight is 205 g/mol. The zero-order chi connectivity index (χ0) is 10.2. The third-order valence-electron chi connectivity index (χ3n) is 1.85. The fraction of sp³-hybridized carbons (Fsp3) is 0.333. The number of hydrogen-bond acceptors (Lipinski definition) is 2. The van der Waals surface area contributed by atoms with Gasteiger partial charge >= 0.3 is 0 Å². The standard InChI is InChI=1S/C12H15NS/c1-3-4-5-10-13-11-6-8-12(14-2)9-7-11/h6-9,13H,5,10H2,1-2H3. The monoisotopic (exact) mass is 205 g/mol. The Labute approximate surface area is 90.3 Å². The SMILES string of the molecule is CC#CCCNc1ccc(SC)cc1. The van der Waals surface area contributed by atoms with E-state index < -0.39 is 0 Å². The Hall–Kier alpha value is -1.07. The number of anilines is 1. The maximum Gasteiger partial charge on any atom is 0.0341 e. The topological polar surface area (TPSA) is 12.0 Å². The third kappa shape index (κ3) is 3.76. The highest BCUT2D eigenvalue weighted by Gasteiger charge is 1.91. The molecule has 0 radical (unpaired) electrons. The van der Waals surface area contributed by atoms with E-state index in [1.807, 2.05) is 6.92 Å². The zero-order valence-electron chi connectivity index (χ0n) is 8.63. The average Bonchev–Trinajstić information content (AvgIpc) is 2.25. The molecule has 0 saturated heterocycles. The fourth-order valence-electron chi connectivity index (χ4n) is 1.10. The van der Waals surface area contributed by atoms with Crippen molar-refractivity contribution in [3.63, 3.8) is 0 Å². The van der Waals surface area contributed by atoms with Crippen LogP contribution in [0.4, 0.5) is 5.69 Å². The number of rotatable bonds is 4. The van der Waals surface area contributed by atoms with Crippen molar-refractivity contribution in [2.75, 3.05) is 18.1 Å². The van der Waals surface area contributed by atoms with Gasteiger partial charge in [-0.15, -0.1) is 23.6 Å². The number of thioether (sulfide) groups is 1. The van der Waals surface area contributed by atoms with E-state index in [0.717, 1.165) is 13.0 Å². The van der Waals surface area contributed by atoms with Gasteiger partial charge in [0, 0.05) is 23.5 Å². The van der Waals surface area contributed by atoms with E-state index in [9.17, 15) is 0 Å². The maximum atomic E-state index is 3.32. The van der Waals surface area contributed by atoms with Crippen molar-refractivity contribution >= 4 is 17.4 Å². The zero-order valence-corrected chi connectivity index (χ0v) is 9.45. The van der Waals surface area contributed by atoms with Gasteiger partial charge in [0.1, 0.15) is 0 Å². The molecule has 0 unspecified atom stereocenters. The van der Waals surface area contributed by atoms with Crippen molar-refractivity contribution in [1.29, 1.82) is 0 Å². The van der Waals surface area contributed by atoms with Gasteiger partial charge in [-0.2, -0.15) is 0 Å². The molecule has 0 spiro atoms. The van der Waals surface area contributed by atoms with Crippen molar-refractivity contribution in [1.82, 2.24) is 0 Å². The van der Waals surface area contributed by atoms with Gasteiger partial charge in [0.15, 0.2) is 0 Å². The first-order chi connectivity index (χ1) is 6.86. The van der Waals surface area contributed by atoms with Crippen molar-refractivity contribution in [3.05, 3.63) is 24.3 Å². The molecular formula is C12H15NS. The Morgan fingerprint density at radius 2 is 2.00 bits per heavy atom. The summed E-state index contributed by atoms with van der Waals surface area (Å²) in [6.45, 7) is 2.78. The molecular weight excluding hydrogens is 190 g/mol. The summed E-state index contributed by atoms with van der Waals surface area (Å²) in [5.74, 6) is 5.90. The summed E-state index contributed by atoms with van der Waals surface area (Å²) >= 11 is 1.76. The predicted octanol–water partition coefficient (Wildman–Crippen LogP) is 3.23. The molecule has 0 fully saturated rings. The molecule has 1 rings (SSSR count). The van der Waals surface area contributed by atoms with E-state index in [-0.39, 0.29) is 0 Å². The van der Waals surface area contributed by atoms with Crippen LogP contribution in [-0.2, 0) is 0 Å². The summed E-state index contributed by atoms with van der Waals surface area (Å²) in [5.41, 5.74) is 1.17. The van der Waals surface area contributed by atoms with Gasteiger partial charge in [0.25, 0.3) is 0 Å². The van der Waals surface area contributed by atoms with Crippen molar-refractivity contribution < 1.29 is 0 Å². The first-order valence-electron chi connectivity index (χ1n) is 4.64. The van der Waals surface area contributed by atoms with Crippen LogP contribution in [0.15, 0.2) is 29.2 Å². The van der Waals surface area contributed by atoms with Crippen LogP contribution < -0.4 is 5.32 Å². The second-order valence-electron chi connectivity index (χ2n) is 2.83. The number of benzene rings is 1. The first-order valence-corrected chi connectivity index (χ1v) is 5.87. The van der Waals surface area contributed by atoms with Crippen LogP contribution in [0, 0.1) is 11.8 Å². The minimum absolute atomic E-state index is 0.904. The summed E-state index contributed by atoms with van der Waals surface area (Å²) in [6.07, 6.45) is 2.99. The van der Waals surface area contributed by atoms with Gasteiger partial charge in [-0.1, -0.05) is 0 Å². The van der Waals surface area contributed by atoms with E-state index in [0.29, 0.717) is 0 Å². The molecule has 0 saturated carbocycles. The largest absolute Gasteiger partial charge is 0.384 e. The third-order valence-corrected chi connectivity index (χ3v) is 2.59. The Bertz CT molecular complexity index is 318. The molecule has 2 heteroatoms. The lowest BCUT2D eigenvalue weighted by atomic mass is 10.3. The van der Waals surface area contributed by atoms with Crippen LogP contribution in [0.25, 0.3) is 0 Å². The first kappa shape index (κ1) is 11.0. The molecule has 0 aliphatic heterocycles. The summed E-state index contributed by atoms with van der Waals surface area (Å²) in [6, 6.07) is 8.45. The number of nitrogens with one attached hydrogen (secondary N) is 1. The molecule has 1 aromatic rings. The molecule has 0 bridgehead atoms. The van der Waals surface area contributed by atoms with Gasteiger partial charge in [-0.25, -0.2) is 0 Å². The highest BCUT2D eigenvalue weighted by molar-refractivity contribution is 7.98. The molecule has 0 aromatic heterocycles. The molecule has 1 aromatic carbocycles. The van der Waals surface area contributed by atoms with Gasteiger partial charge in [0.05, 0.1) is 0 Å². The van der Waals surface area contributed by atoms with Gasteiger partial charge in [0.2, 0.25) is 0 Å². The van der Waals surface area contributed by atoms with E-state index in [1.54, 1.807) is 11.8 Å². The quantitative estimate of drug-likeness (QED) is 0.460. The summed E-state index contributed by atoms with van der Waals surface area (Å²) < 4.78 is 0. The van der Waals surface area contributed by atoms with Gasteiger partial charge in [-0.05, 0) is 37.4 Å². The van der Waals surface area contributed by atoms with Crippen molar-refractivity contribution in [2.24, 2.45) is 0 Å². The predicted molar refractivity (Wildman–Crippen MR) is 64.8 cm³/mol. The minimum atomic E-state index is 0.904. The van der Waals surface area contributed by atoms with E-state index in [4.69, 9.17) is 0 Å². The molecule has 0 aliphatic rings. The van der Waals surface area contributed by atoms with Crippen LogP contribution in [0.3, 0.4) is 0 Å². The van der Waals surface area contributed by atoms with Crippen molar-refractivity contribution in [2.45, 2.75) is 18.2 Å². The molecule has 0 atom stereocenters. The molecule has 14 heavy (non-hydrogen) atoms. The second kappa shape index (κ2) is 6.39. The lowest BCUT2D eigenvalue weighted by Crippen LogP contribution is -1.99. The molecule has 0 amide bonds. The van der Waals surface area contributed by atoms with Crippen LogP contribution >= 0.6 is 11.8 Å². The number of hydrogen-bond donors (Lipinski definition) is 1. The van der Waals surface area contributed by atoms with Crippen LogP contribution in [0.1, 0.15) is 13.3 Å². The van der Waals surface area contributed by atoms with Crippen LogP contribution in [0.5, 0.6) is 0 Å². The molecule has 1 nitrogen and oxygen atoms in total. The lowest BCUT2D eigenvalue weighted by molar-refractivity contribution is 1.09. The van der Waals surface area contributed by atoms with E-state index in [2.05, 4.69) is 47.7 Å². The Morgan fingerprint density at radius 1 is 1.29 bits per heavy atom. The van der Waals surface area contributed by atoms with Crippen molar-refractivity contribution in [3.8, 4) is 11.8 Å². The highest BCUT2D eigenvalue weighted by Crippen LogP contribution is 2.17. The maximum absolute atomic E-state index is 3.32. The van der Waals surface area contributed by atoms with Crippen LogP contribution in [-0.4, -0.2) is 12.8 Å². The molecule has 0 heterocycles. The fourth-order valence-corrected chi connectivity index (χ4v) is 1.51. The van der Waals surface area contributed by atoms with E-state index >= 15 is 0 Å². The lowest BCUT2D eigenvalue weighted by Gasteiger charge is -2.04. The van der Waals surface area contributed by atoms with Gasteiger partial charge < -0.3 is 5.32 Å².